The molecule has 0 aliphatic heterocycles. The lowest BCUT2D eigenvalue weighted by Crippen LogP contribution is -2.30. The maximum absolute atomic E-state index is 12.3. The van der Waals surface area contributed by atoms with Crippen molar-refractivity contribution in [2.24, 2.45) is 0 Å². The standard InChI is InChI=1S/C15H15N5O2/c1-2-7-22-12-6-4-3-5-10(12)14-19-13-11(8-17-9-18-13)15(21)20(14)16/h3-6,8-9H,2,7,16H2,1H3. The molecule has 0 amide bonds. The van der Waals surface area contributed by atoms with Gasteiger partial charge in [0.25, 0.3) is 5.56 Å². The molecular weight excluding hydrogens is 282 g/mol. The van der Waals surface area contributed by atoms with E-state index >= 15 is 0 Å². The summed E-state index contributed by atoms with van der Waals surface area (Å²) in [6.07, 6.45) is 3.63. The number of nitrogens with two attached hydrogens (primary N) is 1. The molecule has 22 heavy (non-hydrogen) atoms. The van der Waals surface area contributed by atoms with Crippen molar-refractivity contribution in [3.05, 3.63) is 47.1 Å². The van der Waals surface area contributed by atoms with Crippen LogP contribution in [0.4, 0.5) is 0 Å². The summed E-state index contributed by atoms with van der Waals surface area (Å²) in [5.41, 5.74) is 0.559. The van der Waals surface area contributed by atoms with E-state index in [1.54, 1.807) is 0 Å². The predicted octanol–water partition coefficient (Wildman–Crippen LogP) is 1.36. The lowest BCUT2D eigenvalue weighted by Gasteiger charge is -2.13. The summed E-state index contributed by atoms with van der Waals surface area (Å²) in [6.45, 7) is 2.59. The summed E-state index contributed by atoms with van der Waals surface area (Å²) in [4.78, 5) is 24.6. The predicted molar refractivity (Wildman–Crippen MR) is 83.0 cm³/mol. The van der Waals surface area contributed by atoms with E-state index in [0.717, 1.165) is 11.1 Å². The topological polar surface area (TPSA) is 95.9 Å². The van der Waals surface area contributed by atoms with Gasteiger partial charge in [-0.25, -0.2) is 19.6 Å². The summed E-state index contributed by atoms with van der Waals surface area (Å²) >= 11 is 0. The zero-order valence-corrected chi connectivity index (χ0v) is 12.1. The highest BCUT2D eigenvalue weighted by Gasteiger charge is 2.15. The van der Waals surface area contributed by atoms with Gasteiger partial charge >= 0.3 is 0 Å². The third-order valence-corrected chi connectivity index (χ3v) is 3.17. The molecule has 112 valence electrons. The number of benzene rings is 1. The fraction of sp³-hybridized carbons (Fsp3) is 0.200. The Bertz CT molecular complexity index is 875. The molecule has 2 heterocycles. The number of aromatic nitrogens is 4. The van der Waals surface area contributed by atoms with Crippen LogP contribution in [0.25, 0.3) is 22.4 Å². The van der Waals surface area contributed by atoms with Crippen LogP contribution < -0.4 is 16.1 Å². The summed E-state index contributed by atoms with van der Waals surface area (Å²) in [6, 6.07) is 7.33. The number of rotatable bonds is 4. The fourth-order valence-electron chi connectivity index (χ4n) is 2.12. The Kier molecular flexibility index (Phi) is 3.69. The molecule has 0 aliphatic carbocycles. The largest absolute Gasteiger partial charge is 0.493 e. The molecule has 2 aromatic heterocycles. The maximum atomic E-state index is 12.3. The van der Waals surface area contributed by atoms with Gasteiger partial charge in [-0.1, -0.05) is 19.1 Å². The average molecular weight is 297 g/mol. The smallest absolute Gasteiger partial charge is 0.283 e. The number of hydrogen-bond acceptors (Lipinski definition) is 6. The minimum Gasteiger partial charge on any atom is -0.493 e. The first-order valence-electron chi connectivity index (χ1n) is 6.92. The van der Waals surface area contributed by atoms with Crippen molar-refractivity contribution in [2.75, 3.05) is 12.4 Å². The van der Waals surface area contributed by atoms with Crippen LogP contribution in [0.3, 0.4) is 0 Å². The second-order valence-electron chi connectivity index (χ2n) is 4.72. The van der Waals surface area contributed by atoms with Crippen molar-refractivity contribution < 1.29 is 4.74 Å². The number of hydrogen-bond donors (Lipinski definition) is 1. The average Bonchev–Trinajstić information content (AvgIpc) is 2.56. The number of nitrogen functional groups attached to an aromatic ring is 1. The van der Waals surface area contributed by atoms with Crippen LogP contribution in [0.1, 0.15) is 13.3 Å². The molecule has 0 spiro atoms. The van der Waals surface area contributed by atoms with Crippen molar-refractivity contribution in [1.29, 1.82) is 0 Å². The van der Waals surface area contributed by atoms with E-state index in [9.17, 15) is 4.79 Å². The molecule has 0 bridgehead atoms. The van der Waals surface area contributed by atoms with Crippen molar-refractivity contribution >= 4 is 11.0 Å². The monoisotopic (exact) mass is 297 g/mol. The minimum atomic E-state index is -0.397. The van der Waals surface area contributed by atoms with E-state index in [-0.39, 0.29) is 5.39 Å². The Balaban J connectivity index is 2.23. The molecule has 0 fully saturated rings. The molecule has 7 nitrogen and oxygen atoms in total. The Morgan fingerprint density at radius 1 is 1.32 bits per heavy atom. The van der Waals surface area contributed by atoms with Crippen LogP contribution in [-0.2, 0) is 0 Å². The molecule has 0 unspecified atom stereocenters. The summed E-state index contributed by atoms with van der Waals surface area (Å²) in [5.74, 6) is 6.85. The van der Waals surface area contributed by atoms with Crippen molar-refractivity contribution in [1.82, 2.24) is 19.6 Å². The van der Waals surface area contributed by atoms with Gasteiger partial charge in [0.05, 0.1) is 12.2 Å². The second-order valence-corrected chi connectivity index (χ2v) is 4.72. The van der Waals surface area contributed by atoms with Gasteiger partial charge in [-0.3, -0.25) is 4.79 Å². The first-order chi connectivity index (χ1) is 10.7. The summed E-state index contributed by atoms with van der Waals surface area (Å²) in [7, 11) is 0. The Labute approximate surface area is 126 Å². The van der Waals surface area contributed by atoms with Gasteiger partial charge in [-0.05, 0) is 18.6 Å². The van der Waals surface area contributed by atoms with Gasteiger partial charge in [0, 0.05) is 6.20 Å². The molecular formula is C15H15N5O2. The van der Waals surface area contributed by atoms with Crippen LogP contribution in [0.5, 0.6) is 5.75 Å². The van der Waals surface area contributed by atoms with Crippen molar-refractivity contribution in [3.63, 3.8) is 0 Å². The molecule has 0 atom stereocenters. The molecule has 2 N–H and O–H groups in total. The normalized spacial score (nSPS) is 10.8. The lowest BCUT2D eigenvalue weighted by atomic mass is 10.2. The molecule has 0 aliphatic rings. The maximum Gasteiger partial charge on any atom is 0.283 e. The van der Waals surface area contributed by atoms with Gasteiger partial charge in [0.1, 0.15) is 17.5 Å². The number of fused-ring (bicyclic) bond motifs is 1. The summed E-state index contributed by atoms with van der Waals surface area (Å²) < 4.78 is 6.70. The van der Waals surface area contributed by atoms with Gasteiger partial charge in [-0.2, -0.15) is 0 Å². The van der Waals surface area contributed by atoms with Crippen LogP contribution >= 0.6 is 0 Å². The van der Waals surface area contributed by atoms with E-state index in [1.807, 2.05) is 31.2 Å². The number of para-hydroxylation sites is 1. The highest BCUT2D eigenvalue weighted by molar-refractivity contribution is 5.76. The zero-order valence-electron chi connectivity index (χ0n) is 12.1. The fourth-order valence-corrected chi connectivity index (χ4v) is 2.12. The summed E-state index contributed by atoms with van der Waals surface area (Å²) in [5, 5.41) is 0.278. The van der Waals surface area contributed by atoms with Crippen molar-refractivity contribution in [2.45, 2.75) is 13.3 Å². The van der Waals surface area contributed by atoms with Crippen LogP contribution in [0, 0.1) is 0 Å². The zero-order chi connectivity index (χ0) is 15.5. The first-order valence-corrected chi connectivity index (χ1v) is 6.92. The van der Waals surface area contributed by atoms with Crippen molar-refractivity contribution in [3.8, 4) is 17.1 Å². The molecule has 0 radical (unpaired) electrons. The number of ether oxygens (including phenoxy) is 1. The van der Waals surface area contributed by atoms with Gasteiger partial charge in [0.15, 0.2) is 11.5 Å². The third-order valence-electron chi connectivity index (χ3n) is 3.17. The van der Waals surface area contributed by atoms with E-state index in [2.05, 4.69) is 15.0 Å². The third kappa shape index (κ3) is 2.37. The van der Waals surface area contributed by atoms with Crippen LogP contribution in [0.2, 0.25) is 0 Å². The van der Waals surface area contributed by atoms with E-state index < -0.39 is 5.56 Å². The molecule has 0 saturated carbocycles. The molecule has 1 aromatic carbocycles. The Hall–Kier alpha value is -2.96. The molecule has 7 heteroatoms. The molecule has 3 aromatic rings. The highest BCUT2D eigenvalue weighted by atomic mass is 16.5. The minimum absolute atomic E-state index is 0.278. The Morgan fingerprint density at radius 3 is 2.95 bits per heavy atom. The van der Waals surface area contributed by atoms with Gasteiger partial charge in [0.2, 0.25) is 0 Å². The van der Waals surface area contributed by atoms with E-state index in [1.165, 1.54) is 12.5 Å². The second kappa shape index (κ2) is 5.80. The van der Waals surface area contributed by atoms with E-state index in [0.29, 0.717) is 29.4 Å². The SMILES string of the molecule is CCCOc1ccccc1-c1nc2ncncc2c(=O)n1N. The quantitative estimate of drug-likeness (QED) is 0.730. The van der Waals surface area contributed by atoms with Crippen LogP contribution in [-0.4, -0.2) is 26.2 Å². The Morgan fingerprint density at radius 2 is 2.14 bits per heavy atom. The van der Waals surface area contributed by atoms with E-state index in [4.69, 9.17) is 10.6 Å². The lowest BCUT2D eigenvalue weighted by molar-refractivity contribution is 0.318. The molecule has 3 rings (SSSR count). The van der Waals surface area contributed by atoms with Gasteiger partial charge < -0.3 is 10.6 Å². The van der Waals surface area contributed by atoms with Gasteiger partial charge in [-0.15, -0.1) is 0 Å². The highest BCUT2D eigenvalue weighted by Crippen LogP contribution is 2.27. The molecule has 0 saturated heterocycles. The first kappa shape index (κ1) is 14.0. The van der Waals surface area contributed by atoms with Crippen LogP contribution in [0.15, 0.2) is 41.6 Å². The number of nitrogens with zero attached hydrogens (tertiary/aromatic N) is 4.